The van der Waals surface area contributed by atoms with Crippen LogP contribution in [-0.4, -0.2) is 9.78 Å². The van der Waals surface area contributed by atoms with Gasteiger partial charge in [0.2, 0.25) is 0 Å². The molecule has 0 aliphatic carbocycles. The largest absolute Gasteiger partial charge is 0.268 e. The third kappa shape index (κ3) is 3.37. The van der Waals surface area contributed by atoms with Crippen LogP contribution in [0.5, 0.6) is 0 Å². The fraction of sp³-hybridized carbons (Fsp3) is 0.158. The monoisotopic (exact) mass is 308 g/mol. The summed E-state index contributed by atoms with van der Waals surface area (Å²) < 4.78 is 14.4. The molecule has 0 radical (unpaired) electrons. The first-order valence-corrected chi connectivity index (χ1v) is 7.43. The number of halogens is 1. The van der Waals surface area contributed by atoms with Gasteiger partial charge in [0.05, 0.1) is 12.2 Å². The highest BCUT2D eigenvalue weighted by molar-refractivity contribution is 5.60. The van der Waals surface area contributed by atoms with Crippen molar-refractivity contribution in [3.63, 3.8) is 0 Å². The van der Waals surface area contributed by atoms with E-state index in [1.165, 1.54) is 34.0 Å². The maximum Gasteiger partial charge on any atom is 0.267 e. The van der Waals surface area contributed by atoms with Crippen LogP contribution in [-0.2, 0) is 6.54 Å². The van der Waals surface area contributed by atoms with Crippen molar-refractivity contribution in [2.45, 2.75) is 20.4 Å². The van der Waals surface area contributed by atoms with Gasteiger partial charge in [0.1, 0.15) is 5.82 Å². The van der Waals surface area contributed by atoms with Crippen LogP contribution in [0.2, 0.25) is 0 Å². The molecular formula is C19H17FN2O. The highest BCUT2D eigenvalue weighted by Crippen LogP contribution is 2.19. The fourth-order valence-electron chi connectivity index (χ4n) is 2.38. The minimum atomic E-state index is -0.294. The molecule has 0 aliphatic heterocycles. The van der Waals surface area contributed by atoms with Gasteiger partial charge in [-0.25, -0.2) is 9.07 Å². The van der Waals surface area contributed by atoms with Crippen LogP contribution in [0.15, 0.2) is 59.4 Å². The van der Waals surface area contributed by atoms with Gasteiger partial charge in [-0.15, -0.1) is 0 Å². The maximum absolute atomic E-state index is 13.0. The lowest BCUT2D eigenvalue weighted by molar-refractivity contribution is 0.620. The number of hydrogen-bond acceptors (Lipinski definition) is 2. The van der Waals surface area contributed by atoms with E-state index >= 15 is 0 Å². The Bertz CT molecular complexity index is 898. The van der Waals surface area contributed by atoms with Crippen molar-refractivity contribution >= 4 is 0 Å². The van der Waals surface area contributed by atoms with Gasteiger partial charge >= 0.3 is 0 Å². The topological polar surface area (TPSA) is 34.9 Å². The molecule has 4 heteroatoms. The Morgan fingerprint density at radius 3 is 2.39 bits per heavy atom. The lowest BCUT2D eigenvalue weighted by Crippen LogP contribution is -2.22. The molecule has 23 heavy (non-hydrogen) atoms. The smallest absolute Gasteiger partial charge is 0.267 e. The normalized spacial score (nSPS) is 10.7. The predicted molar refractivity (Wildman–Crippen MR) is 88.9 cm³/mol. The molecule has 1 aromatic heterocycles. The van der Waals surface area contributed by atoms with Gasteiger partial charge in [-0.1, -0.05) is 24.3 Å². The van der Waals surface area contributed by atoms with E-state index in [0.29, 0.717) is 6.54 Å². The molecule has 0 fully saturated rings. The van der Waals surface area contributed by atoms with Crippen molar-refractivity contribution in [3.8, 4) is 11.3 Å². The van der Waals surface area contributed by atoms with Crippen LogP contribution in [0.3, 0.4) is 0 Å². The molecule has 0 saturated heterocycles. The summed E-state index contributed by atoms with van der Waals surface area (Å²) >= 11 is 0. The average Bonchev–Trinajstić information content (AvgIpc) is 2.54. The van der Waals surface area contributed by atoms with E-state index in [2.05, 4.69) is 18.1 Å². The molecular weight excluding hydrogens is 291 g/mol. The zero-order chi connectivity index (χ0) is 16.4. The third-order valence-electron chi connectivity index (χ3n) is 3.91. The molecule has 0 aliphatic rings. The SMILES string of the molecule is Cc1ccc(-c2ccc(=O)n(Cc3ccc(F)cc3)n2)cc1C. The quantitative estimate of drug-likeness (QED) is 0.739. The first-order valence-electron chi connectivity index (χ1n) is 7.43. The summed E-state index contributed by atoms with van der Waals surface area (Å²) in [6.07, 6.45) is 0. The second kappa shape index (κ2) is 6.16. The molecule has 0 unspecified atom stereocenters. The van der Waals surface area contributed by atoms with Gasteiger partial charge in [-0.2, -0.15) is 5.10 Å². The average molecular weight is 308 g/mol. The number of aromatic nitrogens is 2. The summed E-state index contributed by atoms with van der Waals surface area (Å²) in [5, 5.41) is 4.44. The van der Waals surface area contributed by atoms with E-state index < -0.39 is 0 Å². The van der Waals surface area contributed by atoms with Crippen molar-refractivity contribution in [2.24, 2.45) is 0 Å². The van der Waals surface area contributed by atoms with Crippen LogP contribution in [0.25, 0.3) is 11.3 Å². The van der Waals surface area contributed by atoms with Gasteiger partial charge in [0, 0.05) is 11.6 Å². The molecule has 116 valence electrons. The molecule has 2 aromatic carbocycles. The molecule has 0 bridgehead atoms. The Labute approximate surface area is 134 Å². The highest BCUT2D eigenvalue weighted by Gasteiger charge is 2.06. The standard InChI is InChI=1S/C19H17FN2O/c1-13-3-6-16(11-14(13)2)18-9-10-19(23)22(21-18)12-15-4-7-17(20)8-5-15/h3-11H,12H2,1-2H3. The molecule has 3 nitrogen and oxygen atoms in total. The van der Waals surface area contributed by atoms with Crippen LogP contribution in [0.4, 0.5) is 4.39 Å². The summed E-state index contributed by atoms with van der Waals surface area (Å²) in [5.74, 6) is -0.294. The number of hydrogen-bond donors (Lipinski definition) is 0. The van der Waals surface area contributed by atoms with E-state index in [9.17, 15) is 9.18 Å². The lowest BCUT2D eigenvalue weighted by Gasteiger charge is -2.09. The van der Waals surface area contributed by atoms with Gasteiger partial charge in [0.15, 0.2) is 0 Å². The van der Waals surface area contributed by atoms with Gasteiger partial charge in [0.25, 0.3) is 5.56 Å². The Hall–Kier alpha value is -2.75. The highest BCUT2D eigenvalue weighted by atomic mass is 19.1. The molecule has 0 saturated carbocycles. The summed E-state index contributed by atoms with van der Waals surface area (Å²) in [7, 11) is 0. The fourth-order valence-corrected chi connectivity index (χ4v) is 2.38. The van der Waals surface area contributed by atoms with E-state index in [4.69, 9.17) is 0 Å². The van der Waals surface area contributed by atoms with Crippen molar-refractivity contribution in [3.05, 3.63) is 87.5 Å². The molecule has 0 atom stereocenters. The molecule has 0 spiro atoms. The van der Waals surface area contributed by atoms with E-state index in [1.54, 1.807) is 18.2 Å². The Kier molecular flexibility index (Phi) is 4.06. The lowest BCUT2D eigenvalue weighted by atomic mass is 10.0. The molecule has 0 amide bonds. The Morgan fingerprint density at radius 1 is 0.957 bits per heavy atom. The number of benzene rings is 2. The minimum Gasteiger partial charge on any atom is -0.268 e. The number of nitrogens with zero attached hydrogens (tertiary/aromatic N) is 2. The summed E-state index contributed by atoms with van der Waals surface area (Å²) in [6, 6.07) is 15.4. The van der Waals surface area contributed by atoms with Crippen LogP contribution >= 0.6 is 0 Å². The molecule has 3 aromatic rings. The van der Waals surface area contributed by atoms with Gasteiger partial charge in [-0.3, -0.25) is 4.79 Å². The van der Waals surface area contributed by atoms with Crippen molar-refractivity contribution in [1.82, 2.24) is 9.78 Å². The van der Waals surface area contributed by atoms with Crippen LogP contribution in [0, 0.1) is 19.7 Å². The molecule has 3 rings (SSSR count). The molecule has 0 N–H and O–H groups in total. The van der Waals surface area contributed by atoms with Crippen molar-refractivity contribution in [1.29, 1.82) is 0 Å². The summed E-state index contributed by atoms with van der Waals surface area (Å²) in [6.45, 7) is 4.42. The Morgan fingerprint density at radius 2 is 1.70 bits per heavy atom. The minimum absolute atomic E-state index is 0.179. The Balaban J connectivity index is 1.97. The second-order valence-electron chi connectivity index (χ2n) is 5.64. The summed E-state index contributed by atoms with van der Waals surface area (Å²) in [5.41, 5.74) is 4.77. The van der Waals surface area contributed by atoms with E-state index in [1.807, 2.05) is 19.1 Å². The van der Waals surface area contributed by atoms with Crippen LogP contribution < -0.4 is 5.56 Å². The van der Waals surface area contributed by atoms with E-state index in [-0.39, 0.29) is 11.4 Å². The maximum atomic E-state index is 13.0. The summed E-state index contributed by atoms with van der Waals surface area (Å²) in [4.78, 5) is 12.0. The first-order chi connectivity index (χ1) is 11.0. The second-order valence-corrected chi connectivity index (χ2v) is 5.64. The first kappa shape index (κ1) is 15.2. The van der Waals surface area contributed by atoms with Gasteiger partial charge in [-0.05, 0) is 54.8 Å². The van der Waals surface area contributed by atoms with Crippen molar-refractivity contribution < 1.29 is 4.39 Å². The number of aryl methyl sites for hydroxylation is 2. The zero-order valence-corrected chi connectivity index (χ0v) is 13.1. The number of rotatable bonds is 3. The van der Waals surface area contributed by atoms with Gasteiger partial charge < -0.3 is 0 Å². The van der Waals surface area contributed by atoms with Crippen LogP contribution in [0.1, 0.15) is 16.7 Å². The van der Waals surface area contributed by atoms with E-state index in [0.717, 1.165) is 16.8 Å². The predicted octanol–water partition coefficient (Wildman–Crippen LogP) is 3.71. The van der Waals surface area contributed by atoms with Crippen molar-refractivity contribution in [2.75, 3.05) is 0 Å². The third-order valence-corrected chi connectivity index (χ3v) is 3.91. The zero-order valence-electron chi connectivity index (χ0n) is 13.1. The molecule has 1 heterocycles.